The molecule has 1 amide bonds. The van der Waals surface area contributed by atoms with Crippen molar-refractivity contribution in [3.8, 4) is 5.75 Å². The van der Waals surface area contributed by atoms with E-state index in [1.165, 1.54) is 6.92 Å². The van der Waals surface area contributed by atoms with E-state index in [2.05, 4.69) is 11.8 Å². The van der Waals surface area contributed by atoms with E-state index >= 15 is 0 Å². The summed E-state index contributed by atoms with van der Waals surface area (Å²) >= 11 is 0. The molecule has 0 radical (unpaired) electrons. The molecule has 5 nitrogen and oxygen atoms in total. The topological polar surface area (TPSA) is 49.9 Å². The zero-order chi connectivity index (χ0) is 17.7. The van der Waals surface area contributed by atoms with Gasteiger partial charge in [-0.05, 0) is 45.4 Å². The van der Waals surface area contributed by atoms with Gasteiger partial charge in [-0.2, -0.15) is 0 Å². The van der Waals surface area contributed by atoms with Crippen LogP contribution in [0.2, 0.25) is 0 Å². The number of carbonyl (C=O) groups excluding carboxylic acids is 2. The summed E-state index contributed by atoms with van der Waals surface area (Å²) < 4.78 is 5.77. The molecule has 1 saturated heterocycles. The highest BCUT2D eigenvalue weighted by Crippen LogP contribution is 2.19. The Morgan fingerprint density at radius 2 is 2.00 bits per heavy atom. The first-order chi connectivity index (χ1) is 11.4. The summed E-state index contributed by atoms with van der Waals surface area (Å²) in [6.45, 7) is 8.59. The Hall–Kier alpha value is -1.88. The minimum absolute atomic E-state index is 0.0146. The van der Waals surface area contributed by atoms with E-state index in [-0.39, 0.29) is 17.7 Å². The second-order valence-corrected chi connectivity index (χ2v) is 6.46. The first kappa shape index (κ1) is 18.5. The van der Waals surface area contributed by atoms with Gasteiger partial charge in [-0.25, -0.2) is 0 Å². The number of likely N-dealkylation sites (N-methyl/N-ethyl adjacent to an activating group) is 1. The number of benzene rings is 1. The molecular formula is C19H28N2O3. The Balaban J connectivity index is 1.94. The molecule has 1 fully saturated rings. The van der Waals surface area contributed by atoms with Crippen LogP contribution in [-0.2, 0) is 4.79 Å². The van der Waals surface area contributed by atoms with Crippen LogP contribution in [0.3, 0.4) is 0 Å². The van der Waals surface area contributed by atoms with E-state index in [9.17, 15) is 9.59 Å². The fourth-order valence-electron chi connectivity index (χ4n) is 3.13. The van der Waals surface area contributed by atoms with Gasteiger partial charge in [0.05, 0.1) is 0 Å². The molecule has 0 spiro atoms. The molecule has 1 aliphatic heterocycles. The number of amides is 1. The van der Waals surface area contributed by atoms with Gasteiger partial charge < -0.3 is 14.5 Å². The fourth-order valence-corrected chi connectivity index (χ4v) is 3.13. The Morgan fingerprint density at radius 1 is 1.33 bits per heavy atom. The highest BCUT2D eigenvalue weighted by atomic mass is 16.5. The number of likely N-dealkylation sites (tertiary alicyclic amines) is 1. The predicted molar refractivity (Wildman–Crippen MR) is 94.4 cm³/mol. The molecule has 2 rings (SSSR count). The molecule has 5 heteroatoms. The maximum atomic E-state index is 12.6. The molecule has 132 valence electrons. The third-order valence-corrected chi connectivity index (χ3v) is 4.80. The van der Waals surface area contributed by atoms with E-state index in [4.69, 9.17) is 4.74 Å². The minimum Gasteiger partial charge on any atom is -0.481 e. The number of rotatable bonds is 6. The third-order valence-electron chi connectivity index (χ3n) is 4.80. The van der Waals surface area contributed by atoms with Crippen molar-refractivity contribution in [1.82, 2.24) is 9.80 Å². The number of piperidine rings is 1. The summed E-state index contributed by atoms with van der Waals surface area (Å²) in [5.41, 5.74) is 0.590. The van der Waals surface area contributed by atoms with Crippen LogP contribution in [0, 0.1) is 0 Å². The van der Waals surface area contributed by atoms with Gasteiger partial charge >= 0.3 is 0 Å². The highest BCUT2D eigenvalue weighted by molar-refractivity contribution is 5.94. The number of Topliss-reactive ketones (excluding diaryl/α,β-unsaturated/α-hetero) is 1. The van der Waals surface area contributed by atoms with E-state index in [0.717, 1.165) is 32.5 Å². The lowest BCUT2D eigenvalue weighted by molar-refractivity contribution is -0.139. The van der Waals surface area contributed by atoms with Crippen molar-refractivity contribution in [2.24, 2.45) is 0 Å². The zero-order valence-electron chi connectivity index (χ0n) is 15.1. The summed E-state index contributed by atoms with van der Waals surface area (Å²) in [5.74, 6) is 0.523. The van der Waals surface area contributed by atoms with Gasteiger partial charge in [0.1, 0.15) is 5.75 Å². The van der Waals surface area contributed by atoms with E-state index in [1.54, 1.807) is 31.2 Å². The number of hydrogen-bond donors (Lipinski definition) is 0. The largest absolute Gasteiger partial charge is 0.481 e. The number of ketones is 1. The van der Waals surface area contributed by atoms with Crippen LogP contribution in [-0.4, -0.2) is 60.3 Å². The molecule has 1 aromatic carbocycles. The van der Waals surface area contributed by atoms with Gasteiger partial charge in [0.25, 0.3) is 5.91 Å². The van der Waals surface area contributed by atoms with Crippen molar-refractivity contribution >= 4 is 11.7 Å². The average Bonchev–Trinajstić information content (AvgIpc) is 2.60. The van der Waals surface area contributed by atoms with Gasteiger partial charge in [0.15, 0.2) is 11.9 Å². The summed E-state index contributed by atoms with van der Waals surface area (Å²) in [4.78, 5) is 28.3. The summed E-state index contributed by atoms with van der Waals surface area (Å²) in [6.07, 6.45) is 1.44. The van der Waals surface area contributed by atoms with Crippen molar-refractivity contribution < 1.29 is 14.3 Å². The van der Waals surface area contributed by atoms with Gasteiger partial charge in [0, 0.05) is 31.7 Å². The first-order valence-electron chi connectivity index (χ1n) is 8.69. The van der Waals surface area contributed by atoms with E-state index in [1.807, 2.05) is 11.9 Å². The molecule has 0 N–H and O–H groups in total. The summed E-state index contributed by atoms with van der Waals surface area (Å²) in [7, 11) is 1.86. The molecule has 0 aliphatic carbocycles. The monoisotopic (exact) mass is 332 g/mol. The van der Waals surface area contributed by atoms with Crippen LogP contribution in [0.5, 0.6) is 5.75 Å². The Labute approximate surface area is 144 Å². The van der Waals surface area contributed by atoms with Crippen LogP contribution >= 0.6 is 0 Å². The number of nitrogens with zero attached hydrogens (tertiary/aromatic N) is 2. The summed E-state index contributed by atoms with van der Waals surface area (Å²) in [6, 6.07) is 7.25. The van der Waals surface area contributed by atoms with Crippen molar-refractivity contribution in [2.75, 3.05) is 26.7 Å². The molecule has 0 aromatic heterocycles. The second-order valence-electron chi connectivity index (χ2n) is 6.46. The molecule has 0 bridgehead atoms. The van der Waals surface area contributed by atoms with Gasteiger partial charge in [-0.3, -0.25) is 9.59 Å². The Bertz CT molecular complexity index is 580. The lowest BCUT2D eigenvalue weighted by Gasteiger charge is -2.37. The number of hydrogen-bond acceptors (Lipinski definition) is 4. The van der Waals surface area contributed by atoms with E-state index < -0.39 is 6.10 Å². The molecule has 24 heavy (non-hydrogen) atoms. The minimum atomic E-state index is -0.568. The van der Waals surface area contributed by atoms with Gasteiger partial charge in [0.2, 0.25) is 0 Å². The zero-order valence-corrected chi connectivity index (χ0v) is 15.1. The molecule has 1 heterocycles. The standard InChI is InChI=1S/C19H28N2O3/c1-5-21-11-9-17(10-12-21)20(4)19(23)15(3)24-18-8-6-7-16(13-18)14(2)22/h6-8,13,15,17H,5,9-12H2,1-4H3/t15-/m1/s1. The fraction of sp³-hybridized carbons (Fsp3) is 0.579. The van der Waals surface area contributed by atoms with Crippen molar-refractivity contribution in [1.29, 1.82) is 0 Å². The van der Waals surface area contributed by atoms with Crippen LogP contribution < -0.4 is 4.74 Å². The maximum Gasteiger partial charge on any atom is 0.263 e. The van der Waals surface area contributed by atoms with Crippen molar-refractivity contribution in [3.05, 3.63) is 29.8 Å². The normalized spacial score (nSPS) is 17.3. The molecule has 1 atom stereocenters. The van der Waals surface area contributed by atoms with Crippen LogP contribution in [0.25, 0.3) is 0 Å². The molecule has 1 aliphatic rings. The van der Waals surface area contributed by atoms with Crippen LogP contribution in [0.15, 0.2) is 24.3 Å². The lowest BCUT2D eigenvalue weighted by Crippen LogP contribution is -2.48. The van der Waals surface area contributed by atoms with Gasteiger partial charge in [-0.15, -0.1) is 0 Å². The number of ether oxygens (including phenoxy) is 1. The van der Waals surface area contributed by atoms with E-state index in [0.29, 0.717) is 11.3 Å². The maximum absolute atomic E-state index is 12.6. The molecular weight excluding hydrogens is 304 g/mol. The lowest BCUT2D eigenvalue weighted by atomic mass is 10.0. The second kappa shape index (κ2) is 8.29. The van der Waals surface area contributed by atoms with Crippen molar-refractivity contribution in [3.63, 3.8) is 0 Å². The predicted octanol–water partition coefficient (Wildman–Crippen LogP) is 2.60. The van der Waals surface area contributed by atoms with Crippen molar-refractivity contribution in [2.45, 2.75) is 45.8 Å². The number of carbonyl (C=O) groups is 2. The van der Waals surface area contributed by atoms with Crippen LogP contribution in [0.4, 0.5) is 0 Å². The quantitative estimate of drug-likeness (QED) is 0.752. The smallest absolute Gasteiger partial charge is 0.263 e. The molecule has 0 saturated carbocycles. The van der Waals surface area contributed by atoms with Crippen LogP contribution in [0.1, 0.15) is 44.0 Å². The SMILES string of the molecule is CCN1CCC(N(C)C(=O)[C@@H](C)Oc2cccc(C(C)=O)c2)CC1. The highest BCUT2D eigenvalue weighted by Gasteiger charge is 2.28. The Kier molecular flexibility index (Phi) is 6.37. The van der Waals surface area contributed by atoms with Gasteiger partial charge in [-0.1, -0.05) is 19.1 Å². The third kappa shape index (κ3) is 4.57. The summed E-state index contributed by atoms with van der Waals surface area (Å²) in [5, 5.41) is 0. The first-order valence-corrected chi connectivity index (χ1v) is 8.69. The average molecular weight is 332 g/mol. The molecule has 1 aromatic rings. The Morgan fingerprint density at radius 3 is 2.58 bits per heavy atom. The molecule has 0 unspecified atom stereocenters.